The molecule has 4 N–H and O–H groups in total. The normalized spacial score (nSPS) is 11.0. The minimum atomic E-state index is -0.0321. The van der Waals surface area contributed by atoms with Crippen LogP contribution in [0.1, 0.15) is 12.5 Å². The summed E-state index contributed by atoms with van der Waals surface area (Å²) >= 11 is 0. The molecule has 0 atom stereocenters. The lowest BCUT2D eigenvalue weighted by Gasteiger charge is -1.96. The first-order valence-corrected chi connectivity index (χ1v) is 3.89. The molecule has 1 aromatic carbocycles. The van der Waals surface area contributed by atoms with E-state index in [0.717, 1.165) is 11.3 Å². The van der Waals surface area contributed by atoms with E-state index in [1.165, 1.54) is 0 Å². The lowest BCUT2D eigenvalue weighted by molar-refractivity contribution is 1.20. The Labute approximate surface area is 77.0 Å². The van der Waals surface area contributed by atoms with Crippen molar-refractivity contribution in [2.45, 2.75) is 6.92 Å². The van der Waals surface area contributed by atoms with Crippen LogP contribution in [0.5, 0.6) is 0 Å². The third-order valence-electron chi connectivity index (χ3n) is 1.51. The van der Waals surface area contributed by atoms with Gasteiger partial charge >= 0.3 is 0 Å². The van der Waals surface area contributed by atoms with Gasteiger partial charge in [0.05, 0.1) is 5.71 Å². The number of nitrogens with zero attached hydrogens (tertiary/aromatic N) is 2. The fraction of sp³-hybridized carbons (Fsp3) is 0.111. The number of rotatable bonds is 2. The summed E-state index contributed by atoms with van der Waals surface area (Å²) in [6, 6.07) is 9.70. The topological polar surface area (TPSA) is 76.8 Å². The molecule has 0 fully saturated rings. The zero-order chi connectivity index (χ0) is 9.68. The van der Waals surface area contributed by atoms with Crippen LogP contribution in [0, 0.1) is 0 Å². The molecule has 0 amide bonds. The van der Waals surface area contributed by atoms with E-state index in [4.69, 9.17) is 11.5 Å². The maximum Gasteiger partial charge on any atom is 0.211 e. The second-order valence-electron chi connectivity index (χ2n) is 2.58. The van der Waals surface area contributed by atoms with Gasteiger partial charge in [-0.25, -0.2) is 0 Å². The number of guanidine groups is 1. The van der Waals surface area contributed by atoms with E-state index >= 15 is 0 Å². The van der Waals surface area contributed by atoms with Crippen LogP contribution in [-0.2, 0) is 0 Å². The Bertz CT molecular complexity index is 323. The van der Waals surface area contributed by atoms with Gasteiger partial charge in [0.1, 0.15) is 0 Å². The van der Waals surface area contributed by atoms with E-state index < -0.39 is 0 Å². The number of hydrogen-bond acceptors (Lipinski definition) is 2. The van der Waals surface area contributed by atoms with Crippen molar-refractivity contribution in [2.75, 3.05) is 0 Å². The molecule has 0 aliphatic heterocycles. The van der Waals surface area contributed by atoms with Gasteiger partial charge in [0, 0.05) is 0 Å². The second-order valence-corrected chi connectivity index (χ2v) is 2.58. The molecule has 0 saturated carbocycles. The summed E-state index contributed by atoms with van der Waals surface area (Å²) in [7, 11) is 0. The molecule has 4 nitrogen and oxygen atoms in total. The molecule has 0 saturated heterocycles. The maximum atomic E-state index is 5.14. The lowest BCUT2D eigenvalue weighted by atomic mass is 10.1. The Hall–Kier alpha value is -1.84. The lowest BCUT2D eigenvalue weighted by Crippen LogP contribution is -2.22. The average Bonchev–Trinajstić information content (AvgIpc) is 2.15. The third-order valence-corrected chi connectivity index (χ3v) is 1.51. The Morgan fingerprint density at radius 2 is 1.69 bits per heavy atom. The molecule has 0 aliphatic rings. The third kappa shape index (κ3) is 2.94. The van der Waals surface area contributed by atoms with Gasteiger partial charge in [-0.15, -0.1) is 5.10 Å². The van der Waals surface area contributed by atoms with Crippen molar-refractivity contribution in [3.63, 3.8) is 0 Å². The number of nitrogens with two attached hydrogens (primary N) is 2. The summed E-state index contributed by atoms with van der Waals surface area (Å²) in [6.07, 6.45) is 0. The van der Waals surface area contributed by atoms with Crippen molar-refractivity contribution >= 4 is 11.7 Å². The van der Waals surface area contributed by atoms with Crippen LogP contribution in [0.4, 0.5) is 0 Å². The van der Waals surface area contributed by atoms with E-state index in [1.807, 2.05) is 37.3 Å². The van der Waals surface area contributed by atoms with Gasteiger partial charge < -0.3 is 11.5 Å². The van der Waals surface area contributed by atoms with E-state index in [9.17, 15) is 0 Å². The van der Waals surface area contributed by atoms with Gasteiger partial charge in [0.2, 0.25) is 5.96 Å². The molecule has 0 aromatic heterocycles. The Balaban J connectivity index is 2.86. The highest BCUT2D eigenvalue weighted by molar-refractivity contribution is 5.98. The van der Waals surface area contributed by atoms with Gasteiger partial charge in [0.15, 0.2) is 0 Å². The molecule has 0 aliphatic carbocycles. The van der Waals surface area contributed by atoms with Gasteiger partial charge in [-0.3, -0.25) is 0 Å². The highest BCUT2D eigenvalue weighted by atomic mass is 15.3. The Morgan fingerprint density at radius 3 is 2.23 bits per heavy atom. The fourth-order valence-corrected chi connectivity index (χ4v) is 0.870. The zero-order valence-corrected chi connectivity index (χ0v) is 7.44. The van der Waals surface area contributed by atoms with Crippen molar-refractivity contribution in [2.24, 2.45) is 21.7 Å². The molecule has 0 radical (unpaired) electrons. The Kier molecular flexibility index (Phi) is 3.03. The first kappa shape index (κ1) is 9.25. The molecular formula is C9H12N4. The van der Waals surface area contributed by atoms with Crippen molar-refractivity contribution in [3.8, 4) is 0 Å². The van der Waals surface area contributed by atoms with Crippen LogP contribution in [-0.4, -0.2) is 11.7 Å². The van der Waals surface area contributed by atoms with Gasteiger partial charge in [0.25, 0.3) is 0 Å². The summed E-state index contributed by atoms with van der Waals surface area (Å²) in [5, 5.41) is 7.41. The molecule has 4 heteroatoms. The molecule has 68 valence electrons. The maximum absolute atomic E-state index is 5.14. The minimum Gasteiger partial charge on any atom is -0.369 e. The molecular weight excluding hydrogens is 164 g/mol. The SMILES string of the molecule is CC(=NN=C(N)N)c1ccccc1. The smallest absolute Gasteiger partial charge is 0.211 e. The molecule has 13 heavy (non-hydrogen) atoms. The molecule has 0 heterocycles. The molecule has 1 aromatic rings. The van der Waals surface area contributed by atoms with Crippen molar-refractivity contribution < 1.29 is 0 Å². The van der Waals surface area contributed by atoms with Gasteiger partial charge in [-0.05, 0) is 12.5 Å². The highest BCUT2D eigenvalue weighted by Gasteiger charge is 1.93. The molecule has 1 rings (SSSR count). The average molecular weight is 176 g/mol. The summed E-state index contributed by atoms with van der Waals surface area (Å²) in [5.74, 6) is -0.0321. The summed E-state index contributed by atoms with van der Waals surface area (Å²) in [5.41, 5.74) is 12.1. The first-order chi connectivity index (χ1) is 6.20. The zero-order valence-electron chi connectivity index (χ0n) is 7.44. The largest absolute Gasteiger partial charge is 0.369 e. The van der Waals surface area contributed by atoms with Crippen LogP contribution in [0.25, 0.3) is 0 Å². The highest BCUT2D eigenvalue weighted by Crippen LogP contribution is 2.00. The predicted molar refractivity (Wildman–Crippen MR) is 54.5 cm³/mol. The van der Waals surface area contributed by atoms with Crippen LogP contribution in [0.2, 0.25) is 0 Å². The van der Waals surface area contributed by atoms with Crippen LogP contribution >= 0.6 is 0 Å². The predicted octanol–water partition coefficient (Wildman–Crippen LogP) is 0.684. The summed E-state index contributed by atoms with van der Waals surface area (Å²) < 4.78 is 0. The monoisotopic (exact) mass is 176 g/mol. The van der Waals surface area contributed by atoms with Gasteiger partial charge in [-0.2, -0.15) is 5.10 Å². The van der Waals surface area contributed by atoms with Crippen molar-refractivity contribution in [1.29, 1.82) is 0 Å². The minimum absolute atomic E-state index is 0.0321. The molecule has 0 spiro atoms. The standard InChI is InChI=1S/C9H12N4/c1-7(12-13-9(10)11)8-5-3-2-4-6-8/h2-6H,1H3,(H4,10,11,13). The summed E-state index contributed by atoms with van der Waals surface area (Å²) in [6.45, 7) is 1.85. The summed E-state index contributed by atoms with van der Waals surface area (Å²) in [4.78, 5) is 0. The number of hydrogen-bond donors (Lipinski definition) is 2. The van der Waals surface area contributed by atoms with E-state index in [0.29, 0.717) is 0 Å². The van der Waals surface area contributed by atoms with Gasteiger partial charge in [-0.1, -0.05) is 30.3 Å². The van der Waals surface area contributed by atoms with Crippen molar-refractivity contribution in [1.82, 2.24) is 0 Å². The second kappa shape index (κ2) is 4.25. The van der Waals surface area contributed by atoms with Crippen molar-refractivity contribution in [3.05, 3.63) is 35.9 Å². The Morgan fingerprint density at radius 1 is 1.08 bits per heavy atom. The first-order valence-electron chi connectivity index (χ1n) is 3.89. The molecule has 0 unspecified atom stereocenters. The van der Waals surface area contributed by atoms with Crippen LogP contribution in [0.15, 0.2) is 40.5 Å². The fourth-order valence-electron chi connectivity index (χ4n) is 0.870. The van der Waals surface area contributed by atoms with Crippen LogP contribution in [0.3, 0.4) is 0 Å². The molecule has 0 bridgehead atoms. The quantitative estimate of drug-likeness (QED) is 0.395. The van der Waals surface area contributed by atoms with Crippen LogP contribution < -0.4 is 11.5 Å². The number of benzene rings is 1. The van der Waals surface area contributed by atoms with E-state index in [2.05, 4.69) is 10.2 Å². The van der Waals surface area contributed by atoms with E-state index in [1.54, 1.807) is 0 Å². The van der Waals surface area contributed by atoms with E-state index in [-0.39, 0.29) is 5.96 Å².